The van der Waals surface area contributed by atoms with Crippen molar-refractivity contribution in [3.63, 3.8) is 0 Å². The Labute approximate surface area is 107 Å². The van der Waals surface area contributed by atoms with E-state index in [2.05, 4.69) is 41.3 Å². The van der Waals surface area contributed by atoms with Crippen molar-refractivity contribution in [3.8, 4) is 0 Å². The first-order valence-electron chi connectivity index (χ1n) is 6.86. The number of fused-ring (bicyclic) bond motifs is 2. The maximum atomic E-state index is 12.1. The van der Waals surface area contributed by atoms with Gasteiger partial charge >= 0.3 is 0 Å². The zero-order valence-corrected chi connectivity index (χ0v) is 10.4. The fourth-order valence-electron chi connectivity index (χ4n) is 4.13. The number of hydrogen-bond donors (Lipinski definition) is 0. The molecular weight excluding hydrogens is 222 g/mol. The van der Waals surface area contributed by atoms with Gasteiger partial charge in [-0.2, -0.15) is 0 Å². The second kappa shape index (κ2) is 3.47. The van der Waals surface area contributed by atoms with Crippen molar-refractivity contribution in [2.45, 2.75) is 37.1 Å². The van der Waals surface area contributed by atoms with Gasteiger partial charge in [-0.25, -0.2) is 0 Å². The van der Waals surface area contributed by atoms with Gasteiger partial charge < -0.3 is 4.90 Å². The van der Waals surface area contributed by atoms with Gasteiger partial charge in [-0.1, -0.05) is 36.4 Å². The Morgan fingerprint density at radius 2 is 2.11 bits per heavy atom. The maximum Gasteiger partial charge on any atom is 0.223 e. The summed E-state index contributed by atoms with van der Waals surface area (Å²) in [5.41, 5.74) is 2.95. The summed E-state index contributed by atoms with van der Waals surface area (Å²) in [7, 11) is 0. The van der Waals surface area contributed by atoms with Crippen LogP contribution in [0.15, 0.2) is 36.4 Å². The number of rotatable bonds is 0. The molecule has 1 spiro atoms. The predicted octanol–water partition coefficient (Wildman–Crippen LogP) is 2.65. The second-order valence-electron chi connectivity index (χ2n) is 5.71. The Balaban J connectivity index is 1.90. The SMILES string of the molecule is O=C1CC[C@]23CC=C[C@H]2c2ccccc2CCN13. The van der Waals surface area contributed by atoms with Gasteiger partial charge in [0.15, 0.2) is 0 Å². The molecule has 2 heteroatoms. The molecule has 0 aromatic heterocycles. The lowest BCUT2D eigenvalue weighted by atomic mass is 9.79. The van der Waals surface area contributed by atoms with Crippen LogP contribution in [0.3, 0.4) is 0 Å². The molecule has 0 radical (unpaired) electrons. The lowest BCUT2D eigenvalue weighted by Crippen LogP contribution is -2.47. The molecule has 1 aromatic carbocycles. The van der Waals surface area contributed by atoms with Crippen molar-refractivity contribution in [1.82, 2.24) is 4.90 Å². The number of amides is 1. The summed E-state index contributed by atoms with van der Waals surface area (Å²) in [6.07, 6.45) is 8.41. The Bertz CT molecular complexity index is 548. The molecular formula is C16H17NO. The number of benzene rings is 1. The third-order valence-electron chi connectivity index (χ3n) is 4.98. The molecule has 2 atom stereocenters. The highest BCUT2D eigenvalue weighted by molar-refractivity contribution is 5.80. The van der Waals surface area contributed by atoms with Crippen molar-refractivity contribution in [1.29, 1.82) is 0 Å². The van der Waals surface area contributed by atoms with Crippen molar-refractivity contribution < 1.29 is 4.79 Å². The topological polar surface area (TPSA) is 20.3 Å². The summed E-state index contributed by atoms with van der Waals surface area (Å²) < 4.78 is 0. The van der Waals surface area contributed by atoms with E-state index in [1.54, 1.807) is 0 Å². The summed E-state index contributed by atoms with van der Waals surface area (Å²) in [4.78, 5) is 14.3. The van der Waals surface area contributed by atoms with Gasteiger partial charge in [-0.15, -0.1) is 0 Å². The second-order valence-corrected chi connectivity index (χ2v) is 5.71. The Kier molecular flexibility index (Phi) is 2.00. The van der Waals surface area contributed by atoms with E-state index in [1.807, 2.05) is 0 Å². The monoisotopic (exact) mass is 239 g/mol. The molecule has 1 aromatic rings. The third kappa shape index (κ3) is 1.16. The highest BCUT2D eigenvalue weighted by Crippen LogP contribution is 2.51. The molecule has 4 rings (SSSR count). The van der Waals surface area contributed by atoms with Crippen molar-refractivity contribution >= 4 is 5.91 Å². The first kappa shape index (κ1) is 10.4. The quantitative estimate of drug-likeness (QED) is 0.637. The summed E-state index contributed by atoms with van der Waals surface area (Å²) in [6, 6.07) is 8.72. The summed E-state index contributed by atoms with van der Waals surface area (Å²) >= 11 is 0. The van der Waals surface area contributed by atoms with Crippen LogP contribution < -0.4 is 0 Å². The minimum Gasteiger partial charge on any atom is -0.335 e. The molecule has 0 N–H and O–H groups in total. The molecule has 18 heavy (non-hydrogen) atoms. The summed E-state index contributed by atoms with van der Waals surface area (Å²) in [5.74, 6) is 0.777. The molecule has 1 amide bonds. The van der Waals surface area contributed by atoms with Gasteiger partial charge in [0.1, 0.15) is 0 Å². The number of carbonyl (C=O) groups excluding carboxylic acids is 1. The Hall–Kier alpha value is -1.57. The highest BCUT2D eigenvalue weighted by atomic mass is 16.2. The van der Waals surface area contributed by atoms with E-state index < -0.39 is 0 Å². The molecule has 1 fully saturated rings. The minimum atomic E-state index is 0.0731. The number of carbonyl (C=O) groups is 1. The summed E-state index contributed by atoms with van der Waals surface area (Å²) in [5, 5.41) is 0. The van der Waals surface area contributed by atoms with Crippen LogP contribution in [0.25, 0.3) is 0 Å². The van der Waals surface area contributed by atoms with E-state index in [1.165, 1.54) is 11.1 Å². The fraction of sp³-hybridized carbons (Fsp3) is 0.438. The van der Waals surface area contributed by atoms with Crippen molar-refractivity contribution in [2.75, 3.05) is 6.54 Å². The van der Waals surface area contributed by atoms with Crippen LogP contribution in [0.1, 0.15) is 36.3 Å². The average molecular weight is 239 g/mol. The van der Waals surface area contributed by atoms with E-state index in [0.717, 1.165) is 32.2 Å². The van der Waals surface area contributed by atoms with E-state index in [0.29, 0.717) is 11.8 Å². The smallest absolute Gasteiger partial charge is 0.223 e. The molecule has 3 aliphatic rings. The molecule has 2 heterocycles. The molecule has 92 valence electrons. The van der Waals surface area contributed by atoms with E-state index in [9.17, 15) is 4.79 Å². The van der Waals surface area contributed by atoms with Crippen LogP contribution in [0.2, 0.25) is 0 Å². The minimum absolute atomic E-state index is 0.0731. The molecule has 2 aliphatic heterocycles. The van der Waals surface area contributed by atoms with Crippen LogP contribution in [0.4, 0.5) is 0 Å². The van der Waals surface area contributed by atoms with Crippen LogP contribution >= 0.6 is 0 Å². The highest BCUT2D eigenvalue weighted by Gasteiger charge is 2.52. The van der Waals surface area contributed by atoms with Crippen LogP contribution in [-0.2, 0) is 11.2 Å². The van der Waals surface area contributed by atoms with Crippen molar-refractivity contribution in [3.05, 3.63) is 47.5 Å². The number of nitrogens with zero attached hydrogens (tertiary/aromatic N) is 1. The van der Waals surface area contributed by atoms with Gasteiger partial charge in [-0.3, -0.25) is 4.79 Å². The zero-order valence-electron chi connectivity index (χ0n) is 10.4. The molecule has 1 aliphatic carbocycles. The average Bonchev–Trinajstić information content (AvgIpc) is 2.91. The molecule has 2 nitrogen and oxygen atoms in total. The third-order valence-corrected chi connectivity index (χ3v) is 4.98. The van der Waals surface area contributed by atoms with E-state index in [4.69, 9.17) is 0 Å². The first-order chi connectivity index (χ1) is 8.81. The van der Waals surface area contributed by atoms with E-state index >= 15 is 0 Å². The lowest BCUT2D eigenvalue weighted by Gasteiger charge is -2.38. The molecule has 0 bridgehead atoms. The van der Waals surface area contributed by atoms with Gasteiger partial charge in [0.25, 0.3) is 0 Å². The van der Waals surface area contributed by atoms with Gasteiger partial charge in [0, 0.05) is 18.9 Å². The Morgan fingerprint density at radius 1 is 1.22 bits per heavy atom. The van der Waals surface area contributed by atoms with Crippen LogP contribution in [-0.4, -0.2) is 22.9 Å². The van der Waals surface area contributed by atoms with Gasteiger partial charge in [-0.05, 0) is 30.4 Å². The van der Waals surface area contributed by atoms with Gasteiger partial charge in [0.05, 0.1) is 5.54 Å². The molecule has 0 unspecified atom stereocenters. The van der Waals surface area contributed by atoms with Crippen LogP contribution in [0.5, 0.6) is 0 Å². The predicted molar refractivity (Wildman–Crippen MR) is 70.3 cm³/mol. The summed E-state index contributed by atoms with van der Waals surface area (Å²) in [6.45, 7) is 0.897. The zero-order chi connectivity index (χ0) is 12.2. The first-order valence-corrected chi connectivity index (χ1v) is 6.86. The molecule has 0 saturated carbocycles. The largest absolute Gasteiger partial charge is 0.335 e. The Morgan fingerprint density at radius 3 is 3.06 bits per heavy atom. The molecule has 1 saturated heterocycles. The van der Waals surface area contributed by atoms with Gasteiger partial charge in [0.2, 0.25) is 5.91 Å². The normalized spacial score (nSPS) is 33.0. The number of hydrogen-bond acceptors (Lipinski definition) is 1. The van der Waals surface area contributed by atoms with Crippen LogP contribution in [0, 0.1) is 0 Å². The lowest BCUT2D eigenvalue weighted by molar-refractivity contribution is -0.131. The fourth-order valence-corrected chi connectivity index (χ4v) is 4.13. The maximum absolute atomic E-state index is 12.1. The van der Waals surface area contributed by atoms with Crippen molar-refractivity contribution in [2.24, 2.45) is 0 Å². The standard InChI is InChI=1S/C16H17NO/c18-15-7-10-16-9-3-6-14(16)13-5-2-1-4-12(13)8-11-17(15)16/h1-6,14H,7-11H2/t14-,16+/m0/s1. The van der Waals surface area contributed by atoms with E-state index in [-0.39, 0.29) is 5.54 Å².